The standard InChI is InChI=1S/C22H28N2O3.ClH/c1-2-26-12-13-27-21-9-4-3-8-20(21)24-22(25)19-7-5-6-17(15-19)14-18-10-11-23-16-18;/h3-9,15,18,23H,2,10-14,16H2,1H3,(H,24,25);1H. The maximum atomic E-state index is 12.7. The number of amides is 1. The molecule has 0 aromatic heterocycles. The first-order chi connectivity index (χ1) is 13.3. The molecule has 0 spiro atoms. The van der Waals surface area contributed by atoms with Crippen LogP contribution in [0.15, 0.2) is 48.5 Å². The van der Waals surface area contributed by atoms with Crippen molar-refractivity contribution in [1.82, 2.24) is 5.32 Å². The first-order valence-electron chi connectivity index (χ1n) is 9.67. The highest BCUT2D eigenvalue weighted by Crippen LogP contribution is 2.24. The number of anilines is 1. The molecule has 0 aliphatic carbocycles. The highest BCUT2D eigenvalue weighted by Gasteiger charge is 2.16. The Morgan fingerprint density at radius 3 is 2.82 bits per heavy atom. The number of carbonyl (C=O) groups is 1. The molecule has 0 saturated carbocycles. The van der Waals surface area contributed by atoms with E-state index in [9.17, 15) is 4.79 Å². The zero-order valence-electron chi connectivity index (χ0n) is 16.3. The van der Waals surface area contributed by atoms with E-state index >= 15 is 0 Å². The minimum Gasteiger partial charge on any atom is -0.489 e. The lowest BCUT2D eigenvalue weighted by atomic mass is 9.97. The normalized spacial score (nSPS) is 15.7. The first-order valence-corrected chi connectivity index (χ1v) is 9.67. The van der Waals surface area contributed by atoms with Gasteiger partial charge >= 0.3 is 0 Å². The maximum Gasteiger partial charge on any atom is 0.255 e. The largest absolute Gasteiger partial charge is 0.489 e. The van der Waals surface area contributed by atoms with Crippen LogP contribution < -0.4 is 15.4 Å². The summed E-state index contributed by atoms with van der Waals surface area (Å²) in [5.41, 5.74) is 2.55. The van der Waals surface area contributed by atoms with Gasteiger partial charge in [0, 0.05) is 12.2 Å². The third-order valence-electron chi connectivity index (χ3n) is 4.70. The summed E-state index contributed by atoms with van der Waals surface area (Å²) in [5.74, 6) is 1.18. The molecule has 1 heterocycles. The minimum atomic E-state index is -0.123. The molecule has 1 atom stereocenters. The van der Waals surface area contributed by atoms with Crippen LogP contribution in [0.1, 0.15) is 29.3 Å². The zero-order valence-corrected chi connectivity index (χ0v) is 17.1. The van der Waals surface area contributed by atoms with E-state index in [1.807, 2.05) is 49.4 Å². The van der Waals surface area contributed by atoms with Crippen LogP contribution >= 0.6 is 12.4 Å². The van der Waals surface area contributed by atoms with Gasteiger partial charge in [-0.3, -0.25) is 4.79 Å². The van der Waals surface area contributed by atoms with Crippen molar-refractivity contribution in [2.45, 2.75) is 19.8 Å². The van der Waals surface area contributed by atoms with Gasteiger partial charge in [-0.25, -0.2) is 0 Å². The minimum absolute atomic E-state index is 0. The van der Waals surface area contributed by atoms with Gasteiger partial charge < -0.3 is 20.1 Å². The quantitative estimate of drug-likeness (QED) is 0.622. The van der Waals surface area contributed by atoms with Gasteiger partial charge in [-0.05, 0) is 68.6 Å². The number of hydrogen-bond donors (Lipinski definition) is 2. The Hall–Kier alpha value is -2.08. The van der Waals surface area contributed by atoms with Crippen molar-refractivity contribution < 1.29 is 14.3 Å². The van der Waals surface area contributed by atoms with Crippen LogP contribution in [0, 0.1) is 5.92 Å². The van der Waals surface area contributed by atoms with Crippen LogP contribution in [0.3, 0.4) is 0 Å². The van der Waals surface area contributed by atoms with Gasteiger partial charge in [-0.15, -0.1) is 12.4 Å². The van der Waals surface area contributed by atoms with Crippen molar-refractivity contribution >= 4 is 24.0 Å². The van der Waals surface area contributed by atoms with Crippen molar-refractivity contribution in [3.8, 4) is 5.75 Å². The summed E-state index contributed by atoms with van der Waals surface area (Å²) in [5, 5.41) is 6.36. The van der Waals surface area contributed by atoms with Crippen LogP contribution in [0.4, 0.5) is 5.69 Å². The predicted octanol–water partition coefficient (Wildman–Crippen LogP) is 3.93. The van der Waals surface area contributed by atoms with E-state index in [4.69, 9.17) is 9.47 Å². The van der Waals surface area contributed by atoms with Crippen molar-refractivity contribution in [2.24, 2.45) is 5.92 Å². The lowest BCUT2D eigenvalue weighted by molar-refractivity contribution is 0.102. The summed E-state index contributed by atoms with van der Waals surface area (Å²) >= 11 is 0. The fraction of sp³-hybridized carbons (Fsp3) is 0.409. The molecule has 1 unspecified atom stereocenters. The average molecular weight is 405 g/mol. The van der Waals surface area contributed by atoms with Gasteiger partial charge in [0.15, 0.2) is 0 Å². The third-order valence-corrected chi connectivity index (χ3v) is 4.70. The smallest absolute Gasteiger partial charge is 0.255 e. The number of benzene rings is 2. The van der Waals surface area contributed by atoms with E-state index in [0.717, 1.165) is 19.5 Å². The van der Waals surface area contributed by atoms with E-state index in [-0.39, 0.29) is 18.3 Å². The van der Waals surface area contributed by atoms with Crippen LogP contribution in [0.2, 0.25) is 0 Å². The Balaban J connectivity index is 0.00000280. The third kappa shape index (κ3) is 6.51. The first kappa shape index (κ1) is 22.2. The molecule has 1 amide bonds. The summed E-state index contributed by atoms with van der Waals surface area (Å²) in [4.78, 5) is 12.7. The van der Waals surface area contributed by atoms with Crippen molar-refractivity contribution in [3.63, 3.8) is 0 Å². The van der Waals surface area contributed by atoms with Crippen molar-refractivity contribution in [3.05, 3.63) is 59.7 Å². The van der Waals surface area contributed by atoms with Gasteiger partial charge in [-0.1, -0.05) is 24.3 Å². The molecule has 2 N–H and O–H groups in total. The maximum absolute atomic E-state index is 12.7. The lowest BCUT2D eigenvalue weighted by Crippen LogP contribution is -2.15. The van der Waals surface area contributed by atoms with Crippen molar-refractivity contribution in [1.29, 1.82) is 0 Å². The van der Waals surface area contributed by atoms with Crippen LogP contribution in [0.25, 0.3) is 0 Å². The molecule has 1 saturated heterocycles. The molecule has 6 heteroatoms. The average Bonchev–Trinajstić information content (AvgIpc) is 3.19. The number of rotatable bonds is 9. The Morgan fingerprint density at radius 2 is 2.04 bits per heavy atom. The molecule has 1 aliphatic rings. The number of carbonyl (C=O) groups excluding carboxylic acids is 1. The Labute approximate surface area is 173 Å². The van der Waals surface area contributed by atoms with E-state index in [1.54, 1.807) is 0 Å². The number of nitrogens with one attached hydrogen (secondary N) is 2. The SMILES string of the molecule is CCOCCOc1ccccc1NC(=O)c1cccc(CC2CCNC2)c1.Cl. The second-order valence-electron chi connectivity index (χ2n) is 6.76. The molecule has 0 radical (unpaired) electrons. The zero-order chi connectivity index (χ0) is 18.9. The van der Waals surface area contributed by atoms with E-state index in [0.29, 0.717) is 42.7 Å². The number of hydrogen-bond acceptors (Lipinski definition) is 4. The number of halogens is 1. The highest BCUT2D eigenvalue weighted by atomic mass is 35.5. The van der Waals surface area contributed by atoms with Gasteiger partial charge in [-0.2, -0.15) is 0 Å². The molecule has 2 aromatic rings. The molecule has 1 aliphatic heterocycles. The number of para-hydroxylation sites is 2. The summed E-state index contributed by atoms with van der Waals surface area (Å²) in [6, 6.07) is 15.4. The highest BCUT2D eigenvalue weighted by molar-refractivity contribution is 6.05. The Bertz CT molecular complexity index is 748. The fourth-order valence-corrected chi connectivity index (χ4v) is 3.31. The number of ether oxygens (including phenoxy) is 2. The second-order valence-corrected chi connectivity index (χ2v) is 6.76. The molecule has 2 aromatic carbocycles. The van der Waals surface area contributed by atoms with Crippen LogP contribution in [-0.4, -0.2) is 38.8 Å². The van der Waals surface area contributed by atoms with E-state index < -0.39 is 0 Å². The summed E-state index contributed by atoms with van der Waals surface area (Å²) in [6.45, 7) is 5.73. The second kappa shape index (κ2) is 11.7. The molecule has 3 rings (SSSR count). The summed E-state index contributed by atoms with van der Waals surface area (Å²) < 4.78 is 11.0. The molecule has 0 bridgehead atoms. The van der Waals surface area contributed by atoms with Gasteiger partial charge in [0.1, 0.15) is 12.4 Å². The van der Waals surface area contributed by atoms with E-state index in [1.165, 1.54) is 12.0 Å². The topological polar surface area (TPSA) is 59.6 Å². The summed E-state index contributed by atoms with van der Waals surface area (Å²) in [7, 11) is 0. The van der Waals surface area contributed by atoms with Crippen LogP contribution in [0.5, 0.6) is 5.75 Å². The molecule has 1 fully saturated rings. The van der Waals surface area contributed by atoms with Gasteiger partial charge in [0.25, 0.3) is 5.91 Å². The molecule has 152 valence electrons. The van der Waals surface area contributed by atoms with Gasteiger partial charge in [0.05, 0.1) is 12.3 Å². The van der Waals surface area contributed by atoms with Crippen LogP contribution in [-0.2, 0) is 11.2 Å². The Kier molecular flexibility index (Phi) is 9.28. The molecular weight excluding hydrogens is 376 g/mol. The predicted molar refractivity (Wildman–Crippen MR) is 115 cm³/mol. The van der Waals surface area contributed by atoms with Gasteiger partial charge in [0.2, 0.25) is 0 Å². The molecule has 28 heavy (non-hydrogen) atoms. The fourth-order valence-electron chi connectivity index (χ4n) is 3.31. The summed E-state index contributed by atoms with van der Waals surface area (Å²) in [6.07, 6.45) is 2.20. The molecular formula is C22H29ClN2O3. The van der Waals surface area contributed by atoms with E-state index in [2.05, 4.69) is 16.7 Å². The Morgan fingerprint density at radius 1 is 1.18 bits per heavy atom. The monoisotopic (exact) mass is 404 g/mol. The lowest BCUT2D eigenvalue weighted by Gasteiger charge is -2.13. The van der Waals surface area contributed by atoms with Crippen molar-refractivity contribution in [2.75, 3.05) is 38.2 Å². The molecule has 5 nitrogen and oxygen atoms in total.